The van der Waals surface area contributed by atoms with Crippen LogP contribution in [0.2, 0.25) is 0 Å². The van der Waals surface area contributed by atoms with E-state index in [1.165, 1.54) is 21.9 Å². The van der Waals surface area contributed by atoms with Gasteiger partial charge in [-0.3, -0.25) is 14.4 Å². The highest BCUT2D eigenvalue weighted by Crippen LogP contribution is 2.31. The number of benzene rings is 2. The maximum absolute atomic E-state index is 14.6. The van der Waals surface area contributed by atoms with Gasteiger partial charge in [-0.25, -0.2) is 4.39 Å². The Morgan fingerprint density at radius 2 is 1.89 bits per heavy atom. The van der Waals surface area contributed by atoms with Gasteiger partial charge in [0, 0.05) is 37.1 Å². The predicted octanol–water partition coefficient (Wildman–Crippen LogP) is 0.976. The molecule has 0 spiro atoms. The Labute approximate surface area is 213 Å². The van der Waals surface area contributed by atoms with Gasteiger partial charge in [-0.15, -0.1) is 0 Å². The van der Waals surface area contributed by atoms with E-state index in [0.29, 0.717) is 32.0 Å². The number of hydrogen-bond donors (Lipinski definition) is 3. The predicted molar refractivity (Wildman–Crippen MR) is 132 cm³/mol. The minimum atomic E-state index is -1.78. The molecule has 4 N–H and O–H groups in total. The molecule has 5 rings (SSSR count). The summed E-state index contributed by atoms with van der Waals surface area (Å²) in [6, 6.07) is 9.17. The number of nitrogens with zero attached hydrogens (tertiary/aromatic N) is 2. The average molecular weight is 513 g/mol. The molecule has 0 aromatic heterocycles. The van der Waals surface area contributed by atoms with E-state index in [1.807, 2.05) is 12.1 Å². The van der Waals surface area contributed by atoms with Crippen LogP contribution in [-0.2, 0) is 25.5 Å². The number of rotatable bonds is 5. The summed E-state index contributed by atoms with van der Waals surface area (Å²) in [4.78, 5) is 41.7. The Morgan fingerprint density at radius 3 is 2.68 bits per heavy atom. The maximum atomic E-state index is 14.6. The molecule has 0 radical (unpaired) electrons. The number of carbonyl (C=O) groups is 3. The summed E-state index contributed by atoms with van der Waals surface area (Å²) in [5.74, 6) is -2.64. The minimum Gasteiger partial charge on any atom is -0.380 e. The zero-order valence-electron chi connectivity index (χ0n) is 20.2. The summed E-state index contributed by atoms with van der Waals surface area (Å²) in [6.07, 6.45) is -1.60. The number of nitrogens with two attached hydrogens (primary N) is 1. The molecule has 10 nitrogen and oxygen atoms in total. The molecule has 11 heteroatoms. The molecule has 196 valence electrons. The van der Waals surface area contributed by atoms with Crippen LogP contribution in [0.15, 0.2) is 36.4 Å². The summed E-state index contributed by atoms with van der Waals surface area (Å²) < 4.78 is 25.3. The third-order valence-corrected chi connectivity index (χ3v) is 7.00. The number of fused-ring (bicyclic) bond motifs is 1. The fourth-order valence-corrected chi connectivity index (χ4v) is 4.95. The van der Waals surface area contributed by atoms with Gasteiger partial charge in [-0.05, 0) is 54.3 Å². The van der Waals surface area contributed by atoms with Crippen molar-refractivity contribution >= 4 is 29.1 Å². The van der Waals surface area contributed by atoms with Crippen LogP contribution in [0.5, 0.6) is 0 Å². The van der Waals surface area contributed by atoms with Crippen molar-refractivity contribution in [2.24, 2.45) is 5.73 Å². The Bertz CT molecular complexity index is 1220. The minimum absolute atomic E-state index is 0.0271. The summed E-state index contributed by atoms with van der Waals surface area (Å²) in [7, 11) is 0. The maximum Gasteiger partial charge on any atom is 0.259 e. The molecule has 3 aliphatic rings. The molecule has 3 amide bonds. The van der Waals surface area contributed by atoms with E-state index in [-0.39, 0.29) is 30.4 Å². The fourth-order valence-electron chi connectivity index (χ4n) is 4.95. The zero-order valence-corrected chi connectivity index (χ0v) is 20.2. The number of morpholine rings is 2. The van der Waals surface area contributed by atoms with Crippen molar-refractivity contribution in [3.8, 4) is 0 Å². The highest BCUT2D eigenvalue weighted by atomic mass is 19.1. The first-order chi connectivity index (χ1) is 17.8. The van der Waals surface area contributed by atoms with Gasteiger partial charge >= 0.3 is 0 Å². The van der Waals surface area contributed by atoms with Crippen molar-refractivity contribution in [2.75, 3.05) is 49.7 Å². The molecular weight excluding hydrogens is 483 g/mol. The number of aliphatic hydroxyl groups excluding tert-OH is 1. The van der Waals surface area contributed by atoms with Gasteiger partial charge in [0.15, 0.2) is 12.2 Å². The van der Waals surface area contributed by atoms with Crippen LogP contribution >= 0.6 is 0 Å². The number of carbonyl (C=O) groups excluding carboxylic acids is 3. The number of ether oxygens (including phenoxy) is 2. The van der Waals surface area contributed by atoms with Gasteiger partial charge < -0.3 is 35.4 Å². The van der Waals surface area contributed by atoms with E-state index < -0.39 is 35.7 Å². The number of aryl methyl sites for hydroxylation is 1. The number of amides is 3. The second kappa shape index (κ2) is 10.5. The van der Waals surface area contributed by atoms with Crippen LogP contribution in [0.1, 0.15) is 33.9 Å². The molecule has 0 bridgehead atoms. The molecule has 2 aromatic carbocycles. The molecule has 2 heterocycles. The van der Waals surface area contributed by atoms with E-state index in [9.17, 15) is 23.9 Å². The number of nitrogens with one attached hydrogen (secondary N) is 1. The summed E-state index contributed by atoms with van der Waals surface area (Å²) in [5, 5.41) is 13.3. The Balaban J connectivity index is 1.29. The summed E-state index contributed by atoms with van der Waals surface area (Å²) >= 11 is 0. The van der Waals surface area contributed by atoms with Gasteiger partial charge in [0.2, 0.25) is 0 Å². The summed E-state index contributed by atoms with van der Waals surface area (Å²) in [5.41, 5.74) is 8.73. The smallest absolute Gasteiger partial charge is 0.259 e. The largest absolute Gasteiger partial charge is 0.380 e. The fraction of sp³-hybridized carbons (Fsp3) is 0.423. The van der Waals surface area contributed by atoms with Gasteiger partial charge in [0.05, 0.1) is 25.4 Å². The molecule has 0 saturated carbocycles. The first-order valence-corrected chi connectivity index (χ1v) is 12.3. The second-order valence-electron chi connectivity index (χ2n) is 9.34. The molecule has 2 aromatic rings. The molecule has 37 heavy (non-hydrogen) atoms. The molecule has 3 atom stereocenters. The standard InChI is InChI=1S/C26H29FN4O6/c27-20-5-3-17(14-19(20)25(34)30-7-10-36-11-8-30)31-9-12-37-23(26(31)35)22(32)24(33)29-16-2-4-18-15(13-16)1-6-21(18)28/h2-5,13-14,21-23,32H,1,6-12,28H2,(H,29,33)/t21-,22+,23+/m0/s1. The Hall–Kier alpha value is -3.38. The normalized spacial score (nSPS) is 22.5. The van der Waals surface area contributed by atoms with Crippen LogP contribution in [0.25, 0.3) is 0 Å². The quantitative estimate of drug-likeness (QED) is 0.544. The Kier molecular flexibility index (Phi) is 7.20. The lowest BCUT2D eigenvalue weighted by Gasteiger charge is -2.34. The van der Waals surface area contributed by atoms with Crippen LogP contribution in [-0.4, -0.2) is 79.4 Å². The van der Waals surface area contributed by atoms with Crippen LogP contribution in [0, 0.1) is 5.82 Å². The molecule has 1 aliphatic carbocycles. The highest BCUT2D eigenvalue weighted by molar-refractivity contribution is 6.04. The first-order valence-electron chi connectivity index (χ1n) is 12.3. The number of anilines is 2. The van der Waals surface area contributed by atoms with Gasteiger partial charge in [0.25, 0.3) is 17.7 Å². The third kappa shape index (κ3) is 5.08. The molecule has 2 fully saturated rings. The van der Waals surface area contributed by atoms with Gasteiger partial charge in [0.1, 0.15) is 5.82 Å². The third-order valence-electron chi connectivity index (χ3n) is 7.00. The van der Waals surface area contributed by atoms with Crippen molar-refractivity contribution in [1.82, 2.24) is 4.90 Å². The lowest BCUT2D eigenvalue weighted by molar-refractivity contribution is -0.150. The first kappa shape index (κ1) is 25.3. The van der Waals surface area contributed by atoms with E-state index in [2.05, 4.69) is 5.32 Å². The zero-order chi connectivity index (χ0) is 26.1. The van der Waals surface area contributed by atoms with Crippen LogP contribution < -0.4 is 16.0 Å². The molecule has 2 aliphatic heterocycles. The lowest BCUT2D eigenvalue weighted by Crippen LogP contribution is -2.55. The number of aliphatic hydroxyl groups is 1. The average Bonchev–Trinajstić information content (AvgIpc) is 3.28. The Morgan fingerprint density at radius 1 is 1.11 bits per heavy atom. The van der Waals surface area contributed by atoms with E-state index >= 15 is 0 Å². The molecule has 2 saturated heterocycles. The summed E-state index contributed by atoms with van der Waals surface area (Å²) in [6.45, 7) is 1.59. The molecule has 0 unspecified atom stereocenters. The lowest BCUT2D eigenvalue weighted by atomic mass is 10.1. The van der Waals surface area contributed by atoms with E-state index in [4.69, 9.17) is 15.2 Å². The van der Waals surface area contributed by atoms with Gasteiger partial charge in [-0.2, -0.15) is 0 Å². The highest BCUT2D eigenvalue weighted by Gasteiger charge is 2.40. The van der Waals surface area contributed by atoms with E-state index in [0.717, 1.165) is 30.0 Å². The van der Waals surface area contributed by atoms with Crippen LogP contribution in [0.3, 0.4) is 0 Å². The SMILES string of the molecule is N[C@H]1CCc2cc(NC(=O)[C@H](O)[C@H]3OCCN(c4ccc(F)c(C(=O)N5CCOCC5)c4)C3=O)ccc21. The topological polar surface area (TPSA) is 134 Å². The van der Waals surface area contributed by atoms with Crippen LogP contribution in [0.4, 0.5) is 15.8 Å². The second-order valence-corrected chi connectivity index (χ2v) is 9.34. The van der Waals surface area contributed by atoms with Gasteiger partial charge in [-0.1, -0.05) is 6.07 Å². The number of halogens is 1. The van der Waals surface area contributed by atoms with Crippen molar-refractivity contribution in [3.05, 3.63) is 58.9 Å². The van der Waals surface area contributed by atoms with Crippen molar-refractivity contribution in [2.45, 2.75) is 31.1 Å². The van der Waals surface area contributed by atoms with E-state index in [1.54, 1.807) is 6.07 Å². The number of hydrogen-bond acceptors (Lipinski definition) is 7. The van der Waals surface area contributed by atoms with Crippen molar-refractivity contribution < 1.29 is 33.4 Å². The van der Waals surface area contributed by atoms with Crippen molar-refractivity contribution in [1.29, 1.82) is 0 Å². The monoisotopic (exact) mass is 512 g/mol. The molecular formula is C26H29FN4O6. The van der Waals surface area contributed by atoms with Crippen molar-refractivity contribution in [3.63, 3.8) is 0 Å².